The van der Waals surface area contributed by atoms with Gasteiger partial charge in [0.25, 0.3) is 0 Å². The zero-order valence-corrected chi connectivity index (χ0v) is 10.9. The number of esters is 1. The Morgan fingerprint density at radius 3 is 3.00 bits per heavy atom. The fourth-order valence-electron chi connectivity index (χ4n) is 1.54. The summed E-state index contributed by atoms with van der Waals surface area (Å²) in [6.07, 6.45) is 0.426. The second-order valence-corrected chi connectivity index (χ2v) is 5.84. The SMILES string of the molecule is CCOC(=O)Cc1c[te]c2ccccc12. The number of benzene rings is 1. The monoisotopic (exact) mass is 318 g/mol. The summed E-state index contributed by atoms with van der Waals surface area (Å²) in [5.41, 5.74) is 1.16. The van der Waals surface area contributed by atoms with Crippen molar-refractivity contribution >= 4 is 35.2 Å². The van der Waals surface area contributed by atoms with Gasteiger partial charge in [0.15, 0.2) is 0 Å². The third kappa shape index (κ3) is 2.42. The first kappa shape index (κ1) is 10.7. The molecule has 1 aromatic heterocycles. The van der Waals surface area contributed by atoms with Gasteiger partial charge in [0.2, 0.25) is 0 Å². The van der Waals surface area contributed by atoms with Crippen LogP contribution in [-0.2, 0) is 16.0 Å². The van der Waals surface area contributed by atoms with E-state index in [1.807, 2.05) is 13.0 Å². The molecule has 78 valence electrons. The molecule has 1 heterocycles. The summed E-state index contributed by atoms with van der Waals surface area (Å²) < 4.78 is 8.63. The van der Waals surface area contributed by atoms with Gasteiger partial charge in [-0.2, -0.15) is 0 Å². The quantitative estimate of drug-likeness (QED) is 0.640. The Morgan fingerprint density at radius 2 is 2.20 bits per heavy atom. The first-order valence-electron chi connectivity index (χ1n) is 4.92. The summed E-state index contributed by atoms with van der Waals surface area (Å²) in [6, 6.07) is 8.34. The fourth-order valence-corrected chi connectivity index (χ4v) is 4.29. The van der Waals surface area contributed by atoms with E-state index in [2.05, 4.69) is 22.3 Å². The summed E-state index contributed by atoms with van der Waals surface area (Å²) in [4.78, 5) is 11.4. The molecular formula is C12H12O2Te. The Morgan fingerprint density at radius 1 is 1.40 bits per heavy atom. The molecule has 0 N–H and O–H groups in total. The molecule has 0 saturated carbocycles. The second-order valence-electron chi connectivity index (χ2n) is 3.24. The maximum atomic E-state index is 11.4. The van der Waals surface area contributed by atoms with Crippen molar-refractivity contribution in [3.05, 3.63) is 33.9 Å². The van der Waals surface area contributed by atoms with E-state index < -0.39 is 0 Å². The Hall–Kier alpha value is -0.780. The standard InChI is InChI=1S/C12H12O2Te/c1-2-14-12(13)7-9-8-15-11-6-4-3-5-10(9)11/h3-6,8H,2,7H2,1H3. The molecule has 0 bridgehead atoms. The zero-order chi connectivity index (χ0) is 10.7. The van der Waals surface area contributed by atoms with Crippen LogP contribution in [0.2, 0.25) is 0 Å². The molecule has 15 heavy (non-hydrogen) atoms. The topological polar surface area (TPSA) is 26.3 Å². The van der Waals surface area contributed by atoms with Crippen molar-refractivity contribution in [2.75, 3.05) is 6.61 Å². The van der Waals surface area contributed by atoms with E-state index in [4.69, 9.17) is 4.74 Å². The van der Waals surface area contributed by atoms with Gasteiger partial charge >= 0.3 is 98.6 Å². The van der Waals surface area contributed by atoms with Crippen molar-refractivity contribution < 1.29 is 9.53 Å². The average Bonchev–Trinajstić information content (AvgIpc) is 2.62. The summed E-state index contributed by atoms with van der Waals surface area (Å²) in [5, 5.41) is 1.26. The summed E-state index contributed by atoms with van der Waals surface area (Å²) in [6.45, 7) is 2.30. The Labute approximate surface area is 98.5 Å². The Bertz CT molecular complexity index is 473. The summed E-state index contributed by atoms with van der Waals surface area (Å²) in [5.74, 6) is -0.118. The number of hydrogen-bond acceptors (Lipinski definition) is 2. The zero-order valence-electron chi connectivity index (χ0n) is 8.53. The van der Waals surface area contributed by atoms with Crippen molar-refractivity contribution in [1.29, 1.82) is 0 Å². The molecule has 0 atom stereocenters. The first-order chi connectivity index (χ1) is 7.31. The van der Waals surface area contributed by atoms with Crippen LogP contribution in [-0.4, -0.2) is 33.0 Å². The molecule has 0 saturated heterocycles. The molecule has 0 unspecified atom stereocenters. The molecule has 2 aromatic rings. The fraction of sp³-hybridized carbons (Fsp3) is 0.250. The van der Waals surface area contributed by atoms with Crippen molar-refractivity contribution in [3.63, 3.8) is 0 Å². The molecular weight excluding hydrogens is 304 g/mol. The summed E-state index contributed by atoms with van der Waals surface area (Å²) in [7, 11) is 0. The minimum atomic E-state index is -0.205. The van der Waals surface area contributed by atoms with Gasteiger partial charge in [0, 0.05) is 0 Å². The predicted molar refractivity (Wildman–Crippen MR) is 61.2 cm³/mol. The number of rotatable bonds is 3. The van der Waals surface area contributed by atoms with Gasteiger partial charge in [-0.15, -0.1) is 0 Å². The second kappa shape index (κ2) is 4.83. The third-order valence-corrected chi connectivity index (χ3v) is 5.09. The number of carbonyl (C=O) groups is 1. The van der Waals surface area contributed by atoms with Crippen LogP contribution in [0.1, 0.15) is 12.5 Å². The molecule has 0 radical (unpaired) electrons. The molecule has 0 aliphatic heterocycles. The van der Waals surface area contributed by atoms with Gasteiger partial charge in [0.05, 0.1) is 0 Å². The molecule has 0 fully saturated rings. The minimum absolute atomic E-state index is 0.118. The molecule has 0 aliphatic rings. The van der Waals surface area contributed by atoms with Gasteiger partial charge < -0.3 is 0 Å². The van der Waals surface area contributed by atoms with Crippen molar-refractivity contribution in [2.45, 2.75) is 13.3 Å². The van der Waals surface area contributed by atoms with E-state index in [1.54, 1.807) is 0 Å². The van der Waals surface area contributed by atoms with Gasteiger partial charge in [-0.1, -0.05) is 0 Å². The van der Waals surface area contributed by atoms with Crippen LogP contribution in [0, 0.1) is 0 Å². The van der Waals surface area contributed by atoms with E-state index in [9.17, 15) is 4.79 Å². The molecule has 2 rings (SSSR count). The van der Waals surface area contributed by atoms with E-state index in [0.717, 1.165) is 5.56 Å². The molecule has 0 amide bonds. The van der Waals surface area contributed by atoms with Crippen LogP contribution >= 0.6 is 0 Å². The number of carbonyl (C=O) groups excluding carboxylic acids is 1. The molecule has 0 spiro atoms. The third-order valence-electron chi connectivity index (χ3n) is 2.20. The van der Waals surface area contributed by atoms with Crippen LogP contribution in [0.5, 0.6) is 0 Å². The van der Waals surface area contributed by atoms with E-state index in [0.29, 0.717) is 13.0 Å². The number of hydrogen-bond donors (Lipinski definition) is 0. The van der Waals surface area contributed by atoms with Crippen molar-refractivity contribution in [3.8, 4) is 0 Å². The number of ether oxygens (including phenoxy) is 1. The van der Waals surface area contributed by atoms with Gasteiger partial charge in [0.1, 0.15) is 0 Å². The van der Waals surface area contributed by atoms with Crippen LogP contribution < -0.4 is 0 Å². The average molecular weight is 316 g/mol. The van der Waals surface area contributed by atoms with Gasteiger partial charge in [-0.3, -0.25) is 0 Å². The van der Waals surface area contributed by atoms with Crippen LogP contribution in [0.25, 0.3) is 8.79 Å². The van der Waals surface area contributed by atoms with Crippen LogP contribution in [0.4, 0.5) is 0 Å². The van der Waals surface area contributed by atoms with E-state index in [-0.39, 0.29) is 26.4 Å². The first-order valence-corrected chi connectivity index (χ1v) is 7.43. The van der Waals surface area contributed by atoms with E-state index in [1.165, 1.54) is 8.79 Å². The maximum absolute atomic E-state index is 11.4. The van der Waals surface area contributed by atoms with Crippen LogP contribution in [0.3, 0.4) is 0 Å². The molecule has 1 aromatic carbocycles. The Kier molecular flexibility index (Phi) is 3.45. The normalized spacial score (nSPS) is 10.5. The molecule has 2 nitrogen and oxygen atoms in total. The predicted octanol–water partition coefficient (Wildman–Crippen LogP) is 2.00. The van der Waals surface area contributed by atoms with Crippen molar-refractivity contribution in [2.24, 2.45) is 0 Å². The van der Waals surface area contributed by atoms with E-state index >= 15 is 0 Å². The van der Waals surface area contributed by atoms with Gasteiger partial charge in [-0.25, -0.2) is 0 Å². The van der Waals surface area contributed by atoms with Crippen molar-refractivity contribution in [1.82, 2.24) is 0 Å². The molecule has 3 heteroatoms. The van der Waals surface area contributed by atoms with Crippen LogP contribution in [0.15, 0.2) is 28.3 Å². The number of fused-ring (bicyclic) bond motifs is 1. The van der Waals surface area contributed by atoms with Gasteiger partial charge in [-0.05, 0) is 0 Å². The molecule has 0 aliphatic carbocycles. The summed E-state index contributed by atoms with van der Waals surface area (Å²) >= 11 is -0.205. The Balaban J connectivity index is 2.25.